The predicted octanol–water partition coefficient (Wildman–Crippen LogP) is 2.96. The van der Waals surface area contributed by atoms with Gasteiger partial charge in [0, 0.05) is 18.5 Å². The molecule has 9 heteroatoms. The van der Waals surface area contributed by atoms with E-state index in [0.29, 0.717) is 0 Å². The second kappa shape index (κ2) is 8.39. The third kappa shape index (κ3) is 4.45. The third-order valence-corrected chi connectivity index (χ3v) is 7.24. The maximum absolute atomic E-state index is 13.9. The highest BCUT2D eigenvalue weighted by Crippen LogP contribution is 2.29. The van der Waals surface area contributed by atoms with Gasteiger partial charge in [-0.1, -0.05) is 23.7 Å². The summed E-state index contributed by atoms with van der Waals surface area (Å²) in [5, 5.41) is 10.1. The summed E-state index contributed by atoms with van der Waals surface area (Å²) in [6.07, 6.45) is -1.11. The van der Waals surface area contributed by atoms with E-state index < -0.39 is 40.6 Å². The normalized spacial score (nSPS) is 20.0. The lowest BCUT2D eigenvalue weighted by atomic mass is 10.1. The lowest BCUT2D eigenvalue weighted by Gasteiger charge is -2.23. The van der Waals surface area contributed by atoms with Gasteiger partial charge < -0.3 is 9.84 Å². The van der Waals surface area contributed by atoms with Gasteiger partial charge in [0.1, 0.15) is 18.5 Å². The van der Waals surface area contributed by atoms with Gasteiger partial charge in [-0.3, -0.25) is 4.79 Å². The summed E-state index contributed by atoms with van der Waals surface area (Å²) in [6.45, 7) is 2.99. The smallest absolute Gasteiger partial charge is 0.324 e. The van der Waals surface area contributed by atoms with Gasteiger partial charge in [-0.05, 0) is 49.2 Å². The lowest BCUT2D eigenvalue weighted by molar-refractivity contribution is -0.149. The summed E-state index contributed by atoms with van der Waals surface area (Å²) in [4.78, 5) is 12.6. The van der Waals surface area contributed by atoms with E-state index in [9.17, 15) is 22.7 Å². The molecule has 29 heavy (non-hydrogen) atoms. The second-order valence-corrected chi connectivity index (χ2v) is 9.33. The van der Waals surface area contributed by atoms with E-state index >= 15 is 0 Å². The van der Waals surface area contributed by atoms with Gasteiger partial charge in [0.25, 0.3) is 0 Å². The van der Waals surface area contributed by atoms with Crippen LogP contribution in [0.3, 0.4) is 0 Å². The summed E-state index contributed by atoms with van der Waals surface area (Å²) in [5.41, 5.74) is 1.73. The van der Waals surface area contributed by atoms with Crippen LogP contribution in [0.5, 0.6) is 0 Å². The van der Waals surface area contributed by atoms with Crippen molar-refractivity contribution in [3.63, 3.8) is 0 Å². The number of aliphatic hydroxyl groups excluding tert-OH is 1. The maximum atomic E-state index is 13.9. The van der Waals surface area contributed by atoms with Gasteiger partial charge in [-0.15, -0.1) is 0 Å². The average Bonchev–Trinajstić information content (AvgIpc) is 3.06. The molecular weight excluding hydrogens is 421 g/mol. The molecule has 2 aromatic rings. The number of nitrogens with zero attached hydrogens (tertiary/aromatic N) is 1. The molecule has 1 N–H and O–H groups in total. The van der Waals surface area contributed by atoms with Crippen LogP contribution in [0.1, 0.15) is 23.1 Å². The monoisotopic (exact) mass is 441 g/mol. The summed E-state index contributed by atoms with van der Waals surface area (Å²) < 4.78 is 46.1. The number of carbonyl (C=O) groups is 1. The SMILES string of the molecule is Cc1ccc(S(=O)(=O)N2C[C@@H](O)C[C@H]2C(=O)OCc2c(F)cccc2Cl)cc1C. The van der Waals surface area contributed by atoms with Crippen molar-refractivity contribution in [1.82, 2.24) is 4.31 Å². The zero-order valence-electron chi connectivity index (χ0n) is 15.9. The number of esters is 1. The Morgan fingerprint density at radius 1 is 1.28 bits per heavy atom. The Hall–Kier alpha value is -2.00. The van der Waals surface area contributed by atoms with E-state index in [4.69, 9.17) is 16.3 Å². The highest BCUT2D eigenvalue weighted by molar-refractivity contribution is 7.89. The zero-order chi connectivity index (χ0) is 21.3. The molecular formula is C20H21ClFNO5S. The first-order valence-electron chi connectivity index (χ1n) is 8.98. The molecule has 0 saturated carbocycles. The standard InChI is InChI=1S/C20H21ClFNO5S/c1-12-6-7-15(8-13(12)2)29(26,27)23-10-14(24)9-19(23)20(25)28-11-16-17(21)4-3-5-18(16)22/h3-8,14,19,24H,9-11H2,1-2H3/t14-,19-/m0/s1. The van der Waals surface area contributed by atoms with Crippen molar-refractivity contribution in [3.8, 4) is 0 Å². The zero-order valence-corrected chi connectivity index (χ0v) is 17.5. The second-order valence-electron chi connectivity index (χ2n) is 7.03. The van der Waals surface area contributed by atoms with Crippen LogP contribution >= 0.6 is 11.6 Å². The molecule has 0 amide bonds. The molecule has 3 rings (SSSR count). The molecule has 2 atom stereocenters. The molecule has 2 aromatic carbocycles. The van der Waals surface area contributed by atoms with Crippen molar-refractivity contribution in [3.05, 3.63) is 63.9 Å². The van der Waals surface area contributed by atoms with Crippen molar-refractivity contribution in [2.45, 2.75) is 43.9 Å². The fourth-order valence-corrected chi connectivity index (χ4v) is 5.11. The molecule has 0 unspecified atom stereocenters. The quantitative estimate of drug-likeness (QED) is 0.721. The number of hydrogen-bond donors (Lipinski definition) is 1. The fourth-order valence-electron chi connectivity index (χ4n) is 3.18. The van der Waals surface area contributed by atoms with Crippen LogP contribution in [0.25, 0.3) is 0 Å². The Balaban J connectivity index is 1.82. The predicted molar refractivity (Wildman–Crippen MR) is 105 cm³/mol. The maximum Gasteiger partial charge on any atom is 0.324 e. The molecule has 0 bridgehead atoms. The number of benzene rings is 2. The number of aryl methyl sites for hydroxylation is 2. The van der Waals surface area contributed by atoms with E-state index in [-0.39, 0.29) is 28.4 Å². The Morgan fingerprint density at radius 2 is 2.00 bits per heavy atom. The number of aliphatic hydroxyl groups is 1. The molecule has 1 saturated heterocycles. The van der Waals surface area contributed by atoms with Crippen LogP contribution in [0.4, 0.5) is 4.39 Å². The summed E-state index contributed by atoms with van der Waals surface area (Å²) >= 11 is 5.93. The van der Waals surface area contributed by atoms with Crippen LogP contribution < -0.4 is 0 Å². The minimum atomic E-state index is -4.03. The Bertz CT molecular complexity index is 1020. The van der Waals surface area contributed by atoms with E-state index in [1.54, 1.807) is 13.0 Å². The highest BCUT2D eigenvalue weighted by Gasteiger charge is 2.44. The Morgan fingerprint density at radius 3 is 2.66 bits per heavy atom. The van der Waals surface area contributed by atoms with Crippen molar-refractivity contribution in [2.75, 3.05) is 6.54 Å². The number of sulfonamides is 1. The van der Waals surface area contributed by atoms with Gasteiger partial charge >= 0.3 is 5.97 Å². The first-order chi connectivity index (χ1) is 13.6. The molecule has 1 fully saturated rings. The van der Waals surface area contributed by atoms with Crippen LogP contribution in [0.2, 0.25) is 5.02 Å². The average molecular weight is 442 g/mol. The number of carbonyl (C=O) groups excluding carboxylic acids is 1. The van der Waals surface area contributed by atoms with Crippen molar-refractivity contribution >= 4 is 27.6 Å². The number of ether oxygens (including phenoxy) is 1. The van der Waals surface area contributed by atoms with Crippen molar-refractivity contribution in [2.24, 2.45) is 0 Å². The van der Waals surface area contributed by atoms with Crippen LogP contribution in [0, 0.1) is 19.7 Å². The van der Waals surface area contributed by atoms with Gasteiger partial charge in [-0.25, -0.2) is 12.8 Å². The number of β-amino-alcohol motifs (C(OH)–C–C–N with tert-alkyl or cyclic N) is 1. The van der Waals surface area contributed by atoms with E-state index in [1.807, 2.05) is 6.92 Å². The largest absolute Gasteiger partial charge is 0.459 e. The first-order valence-corrected chi connectivity index (χ1v) is 10.8. The Kier molecular flexibility index (Phi) is 6.28. The fraction of sp³-hybridized carbons (Fsp3) is 0.350. The van der Waals surface area contributed by atoms with E-state index in [2.05, 4.69) is 0 Å². The Labute approximate surface area is 173 Å². The number of hydrogen-bond acceptors (Lipinski definition) is 5. The molecule has 0 radical (unpaired) electrons. The minimum Gasteiger partial charge on any atom is -0.459 e. The van der Waals surface area contributed by atoms with Crippen molar-refractivity contribution < 1.29 is 27.4 Å². The summed E-state index contributed by atoms with van der Waals surface area (Å²) in [7, 11) is -4.03. The van der Waals surface area contributed by atoms with Crippen LogP contribution in [0.15, 0.2) is 41.3 Å². The highest BCUT2D eigenvalue weighted by atomic mass is 35.5. The molecule has 1 aliphatic rings. The van der Waals surface area contributed by atoms with Gasteiger partial charge in [0.05, 0.1) is 16.0 Å². The first kappa shape index (κ1) is 21.7. The van der Waals surface area contributed by atoms with Crippen LogP contribution in [-0.4, -0.2) is 42.5 Å². The molecule has 1 heterocycles. The summed E-state index contributed by atoms with van der Waals surface area (Å²) in [6, 6.07) is 7.54. The molecule has 0 aliphatic carbocycles. The van der Waals surface area contributed by atoms with Gasteiger partial charge in [0.2, 0.25) is 10.0 Å². The third-order valence-electron chi connectivity index (χ3n) is 5.01. The number of halogens is 2. The summed E-state index contributed by atoms with van der Waals surface area (Å²) in [5.74, 6) is -1.50. The molecule has 1 aliphatic heterocycles. The molecule has 6 nitrogen and oxygen atoms in total. The molecule has 0 spiro atoms. The topological polar surface area (TPSA) is 83.9 Å². The number of rotatable bonds is 5. The van der Waals surface area contributed by atoms with E-state index in [1.165, 1.54) is 30.3 Å². The van der Waals surface area contributed by atoms with Gasteiger partial charge in [0.15, 0.2) is 0 Å². The van der Waals surface area contributed by atoms with Crippen LogP contribution in [-0.2, 0) is 26.2 Å². The minimum absolute atomic E-state index is 0.00429. The molecule has 156 valence electrons. The molecule has 0 aromatic heterocycles. The van der Waals surface area contributed by atoms with Crippen molar-refractivity contribution in [1.29, 1.82) is 0 Å². The lowest BCUT2D eigenvalue weighted by Crippen LogP contribution is -2.41. The van der Waals surface area contributed by atoms with Gasteiger partial charge in [-0.2, -0.15) is 4.31 Å². The van der Waals surface area contributed by atoms with E-state index in [0.717, 1.165) is 15.4 Å².